The molecule has 0 saturated carbocycles. The number of esters is 1. The van der Waals surface area contributed by atoms with E-state index in [2.05, 4.69) is 9.97 Å². The van der Waals surface area contributed by atoms with Crippen molar-refractivity contribution < 1.29 is 13.9 Å². The van der Waals surface area contributed by atoms with Gasteiger partial charge in [-0.1, -0.05) is 54.2 Å². The number of nitrogens with zero attached hydrogens (tertiary/aromatic N) is 2. The minimum Gasteiger partial charge on any atom is -0.456 e. The van der Waals surface area contributed by atoms with Gasteiger partial charge in [-0.05, 0) is 12.1 Å². The summed E-state index contributed by atoms with van der Waals surface area (Å²) in [6.45, 7) is 0.0392. The predicted octanol–water partition coefficient (Wildman–Crippen LogP) is 5.18. The first-order valence-corrected chi connectivity index (χ1v) is 10.2. The Kier molecular flexibility index (Phi) is 5.50. The molecule has 0 saturated heterocycles. The van der Waals surface area contributed by atoms with Crippen LogP contribution in [0.2, 0.25) is 0 Å². The lowest BCUT2D eigenvalue weighted by Crippen LogP contribution is -2.05. The highest BCUT2D eigenvalue weighted by Crippen LogP contribution is 2.29. The summed E-state index contributed by atoms with van der Waals surface area (Å²) in [7, 11) is 0. The van der Waals surface area contributed by atoms with Gasteiger partial charge in [-0.2, -0.15) is 0 Å². The minimum atomic E-state index is -0.275. The van der Waals surface area contributed by atoms with Crippen molar-refractivity contribution >= 4 is 39.3 Å². The second-order valence-corrected chi connectivity index (χ2v) is 8.06. The molecule has 2 heterocycles. The van der Waals surface area contributed by atoms with Crippen LogP contribution >= 0.6 is 23.1 Å². The summed E-state index contributed by atoms with van der Waals surface area (Å²) in [4.78, 5) is 20.6. The molecule has 0 radical (unpaired) electrons. The van der Waals surface area contributed by atoms with E-state index in [9.17, 15) is 4.79 Å². The Bertz CT molecular complexity index is 1010. The zero-order chi connectivity index (χ0) is 18.5. The van der Waals surface area contributed by atoms with Crippen molar-refractivity contribution in [1.29, 1.82) is 0 Å². The van der Waals surface area contributed by atoms with Crippen molar-refractivity contribution in [3.8, 4) is 11.3 Å². The van der Waals surface area contributed by atoms with Gasteiger partial charge in [0.2, 0.25) is 5.89 Å². The number of thiazole rings is 1. The number of benzene rings is 2. The second kappa shape index (κ2) is 8.37. The molecule has 2 aromatic carbocycles. The summed E-state index contributed by atoms with van der Waals surface area (Å²) >= 11 is 3.20. The molecule has 0 atom stereocenters. The first kappa shape index (κ1) is 17.8. The highest BCUT2D eigenvalue weighted by Gasteiger charge is 2.10. The standard InChI is InChI=1S/C20H16N2O3S2/c23-19(10-11-26-20-22-15-8-4-5-9-17(15)27-20)24-13-18-21-12-16(25-18)14-6-2-1-3-7-14/h1-9,12H,10-11,13H2. The van der Waals surface area contributed by atoms with Crippen molar-refractivity contribution in [2.75, 3.05) is 5.75 Å². The number of fused-ring (bicyclic) bond motifs is 1. The minimum absolute atomic E-state index is 0.0392. The Balaban J connectivity index is 1.23. The molecule has 0 aliphatic rings. The summed E-state index contributed by atoms with van der Waals surface area (Å²) in [5.41, 5.74) is 1.93. The van der Waals surface area contributed by atoms with E-state index < -0.39 is 0 Å². The van der Waals surface area contributed by atoms with E-state index >= 15 is 0 Å². The Morgan fingerprint density at radius 3 is 2.78 bits per heavy atom. The van der Waals surface area contributed by atoms with Gasteiger partial charge in [-0.25, -0.2) is 9.97 Å². The van der Waals surface area contributed by atoms with Gasteiger partial charge in [0.05, 0.1) is 22.8 Å². The number of ether oxygens (including phenoxy) is 1. The zero-order valence-electron chi connectivity index (χ0n) is 14.3. The molecule has 0 N–H and O–H groups in total. The first-order chi connectivity index (χ1) is 13.3. The molecule has 2 aromatic heterocycles. The normalized spacial score (nSPS) is 11.0. The molecule has 0 bridgehead atoms. The number of carbonyl (C=O) groups excluding carboxylic acids is 1. The van der Waals surface area contributed by atoms with Gasteiger partial charge in [0, 0.05) is 11.3 Å². The van der Waals surface area contributed by atoms with Gasteiger partial charge in [0.15, 0.2) is 16.7 Å². The zero-order valence-corrected chi connectivity index (χ0v) is 16.0. The lowest BCUT2D eigenvalue weighted by Gasteiger charge is -2.01. The van der Waals surface area contributed by atoms with E-state index in [1.807, 2.05) is 54.6 Å². The molecule has 0 spiro atoms. The van der Waals surface area contributed by atoms with Crippen molar-refractivity contribution in [3.63, 3.8) is 0 Å². The number of para-hydroxylation sites is 1. The first-order valence-electron chi connectivity index (χ1n) is 8.42. The van der Waals surface area contributed by atoms with Crippen LogP contribution in [0.15, 0.2) is 69.6 Å². The lowest BCUT2D eigenvalue weighted by atomic mass is 10.2. The van der Waals surface area contributed by atoms with Crippen LogP contribution in [-0.2, 0) is 16.1 Å². The van der Waals surface area contributed by atoms with E-state index in [1.54, 1.807) is 29.3 Å². The predicted molar refractivity (Wildman–Crippen MR) is 107 cm³/mol. The van der Waals surface area contributed by atoms with Gasteiger partial charge >= 0.3 is 5.97 Å². The summed E-state index contributed by atoms with van der Waals surface area (Å²) in [5, 5.41) is 0. The number of carbonyl (C=O) groups is 1. The highest BCUT2D eigenvalue weighted by molar-refractivity contribution is 8.01. The number of hydrogen-bond donors (Lipinski definition) is 0. The molecule has 4 aromatic rings. The monoisotopic (exact) mass is 396 g/mol. The molecule has 0 unspecified atom stereocenters. The second-order valence-electron chi connectivity index (χ2n) is 5.69. The van der Waals surface area contributed by atoms with Crippen molar-refractivity contribution in [1.82, 2.24) is 9.97 Å². The average molecular weight is 396 g/mol. The third-order valence-electron chi connectivity index (χ3n) is 3.77. The Labute approximate surface area is 164 Å². The van der Waals surface area contributed by atoms with Crippen LogP contribution in [0, 0.1) is 0 Å². The summed E-state index contributed by atoms with van der Waals surface area (Å²) in [6, 6.07) is 17.7. The number of oxazole rings is 1. The van der Waals surface area contributed by atoms with Gasteiger partial charge in [-0.3, -0.25) is 4.79 Å². The molecule has 0 fully saturated rings. The SMILES string of the molecule is O=C(CCSc1nc2ccccc2s1)OCc1ncc(-c2ccccc2)o1. The van der Waals surface area contributed by atoms with Crippen molar-refractivity contribution in [2.45, 2.75) is 17.4 Å². The van der Waals surface area contributed by atoms with E-state index in [0.29, 0.717) is 23.8 Å². The molecule has 7 heteroatoms. The third-order valence-corrected chi connectivity index (χ3v) is 5.96. The molecule has 0 aliphatic carbocycles. The molecule has 0 amide bonds. The van der Waals surface area contributed by atoms with Gasteiger partial charge in [-0.15, -0.1) is 11.3 Å². The third kappa shape index (κ3) is 4.56. The Hall–Kier alpha value is -2.64. The largest absolute Gasteiger partial charge is 0.456 e. The number of aromatic nitrogens is 2. The fourth-order valence-corrected chi connectivity index (χ4v) is 4.52. The summed E-state index contributed by atoms with van der Waals surface area (Å²) in [6.07, 6.45) is 1.95. The smallest absolute Gasteiger partial charge is 0.307 e. The number of hydrogen-bond acceptors (Lipinski definition) is 7. The topological polar surface area (TPSA) is 65.2 Å². The summed E-state index contributed by atoms with van der Waals surface area (Å²) in [5.74, 6) is 1.40. The molecule has 4 rings (SSSR count). The van der Waals surface area contributed by atoms with E-state index in [-0.39, 0.29) is 12.6 Å². The number of thioether (sulfide) groups is 1. The van der Waals surface area contributed by atoms with E-state index in [0.717, 1.165) is 20.1 Å². The van der Waals surface area contributed by atoms with Crippen molar-refractivity contribution in [3.05, 3.63) is 66.7 Å². The summed E-state index contributed by atoms with van der Waals surface area (Å²) < 4.78 is 13.0. The average Bonchev–Trinajstić information content (AvgIpc) is 3.34. The maximum Gasteiger partial charge on any atom is 0.307 e. The molecular weight excluding hydrogens is 380 g/mol. The van der Waals surface area contributed by atoms with Gasteiger partial charge < -0.3 is 9.15 Å². The van der Waals surface area contributed by atoms with Crippen molar-refractivity contribution in [2.24, 2.45) is 0 Å². The maximum atomic E-state index is 11.9. The van der Waals surface area contributed by atoms with Crippen LogP contribution in [0.4, 0.5) is 0 Å². The fraction of sp³-hybridized carbons (Fsp3) is 0.150. The molecule has 0 aliphatic heterocycles. The molecular formula is C20H16N2O3S2. The van der Waals surface area contributed by atoms with Crippen LogP contribution in [-0.4, -0.2) is 21.7 Å². The van der Waals surface area contributed by atoms with E-state index in [4.69, 9.17) is 9.15 Å². The van der Waals surface area contributed by atoms with Crippen LogP contribution in [0.3, 0.4) is 0 Å². The maximum absolute atomic E-state index is 11.9. The van der Waals surface area contributed by atoms with Crippen LogP contribution in [0.1, 0.15) is 12.3 Å². The van der Waals surface area contributed by atoms with Gasteiger partial charge in [0.1, 0.15) is 0 Å². The highest BCUT2D eigenvalue weighted by atomic mass is 32.2. The molecule has 136 valence electrons. The Morgan fingerprint density at radius 1 is 1.11 bits per heavy atom. The van der Waals surface area contributed by atoms with Crippen LogP contribution in [0.5, 0.6) is 0 Å². The number of rotatable bonds is 7. The quantitative estimate of drug-likeness (QED) is 0.317. The van der Waals surface area contributed by atoms with Crippen LogP contribution < -0.4 is 0 Å². The van der Waals surface area contributed by atoms with E-state index in [1.165, 1.54) is 0 Å². The molecule has 5 nitrogen and oxygen atoms in total. The fourth-order valence-electron chi connectivity index (χ4n) is 2.46. The van der Waals surface area contributed by atoms with Crippen LogP contribution in [0.25, 0.3) is 21.5 Å². The Morgan fingerprint density at radius 2 is 1.93 bits per heavy atom. The lowest BCUT2D eigenvalue weighted by molar-refractivity contribution is -0.145. The molecule has 27 heavy (non-hydrogen) atoms. The van der Waals surface area contributed by atoms with Gasteiger partial charge in [0.25, 0.3) is 0 Å².